The molecule has 0 radical (unpaired) electrons. The lowest BCUT2D eigenvalue weighted by molar-refractivity contribution is 0.0288. The average molecular weight is 279 g/mol. The van der Waals surface area contributed by atoms with Gasteiger partial charge >= 0.3 is 0 Å². The van der Waals surface area contributed by atoms with Crippen molar-refractivity contribution < 1.29 is 9.50 Å². The standard InChI is InChI=1S/C15H22FN3O/c1-19(13-4-2-3-5-14(13)20)9-10-6-11(15(17)18)8-12(16)7-10/h6-8,13-14,20H,2-5,9H2,1H3,(H3,17,18). The first-order valence-electron chi connectivity index (χ1n) is 6.99. The maximum atomic E-state index is 13.5. The highest BCUT2D eigenvalue weighted by Crippen LogP contribution is 2.24. The predicted molar refractivity (Wildman–Crippen MR) is 77.1 cm³/mol. The summed E-state index contributed by atoms with van der Waals surface area (Å²) in [5.41, 5.74) is 6.58. The topological polar surface area (TPSA) is 73.3 Å². The van der Waals surface area contributed by atoms with E-state index >= 15 is 0 Å². The van der Waals surface area contributed by atoms with Crippen LogP contribution in [0.2, 0.25) is 0 Å². The Morgan fingerprint density at radius 3 is 2.75 bits per heavy atom. The highest BCUT2D eigenvalue weighted by Gasteiger charge is 2.26. The van der Waals surface area contributed by atoms with Crippen LogP contribution in [0.5, 0.6) is 0 Å². The Morgan fingerprint density at radius 1 is 1.40 bits per heavy atom. The molecular weight excluding hydrogens is 257 g/mol. The second kappa shape index (κ2) is 6.33. The number of aliphatic hydroxyl groups is 1. The molecule has 5 heteroatoms. The number of benzene rings is 1. The fourth-order valence-electron chi connectivity index (χ4n) is 2.91. The van der Waals surface area contributed by atoms with Crippen LogP contribution in [0.3, 0.4) is 0 Å². The number of amidine groups is 1. The van der Waals surface area contributed by atoms with Gasteiger partial charge in [0.05, 0.1) is 6.10 Å². The van der Waals surface area contributed by atoms with Gasteiger partial charge in [0, 0.05) is 18.2 Å². The number of nitrogens with one attached hydrogen (secondary N) is 1. The molecule has 4 nitrogen and oxygen atoms in total. The summed E-state index contributed by atoms with van der Waals surface area (Å²) < 4.78 is 13.5. The molecule has 1 saturated carbocycles. The van der Waals surface area contributed by atoms with E-state index in [-0.39, 0.29) is 23.8 Å². The summed E-state index contributed by atoms with van der Waals surface area (Å²) in [4.78, 5) is 2.06. The summed E-state index contributed by atoms with van der Waals surface area (Å²) in [6.45, 7) is 0.541. The Hall–Kier alpha value is -1.46. The molecule has 1 aromatic carbocycles. The van der Waals surface area contributed by atoms with E-state index in [1.165, 1.54) is 12.1 Å². The zero-order chi connectivity index (χ0) is 14.7. The van der Waals surface area contributed by atoms with Gasteiger partial charge in [-0.2, -0.15) is 0 Å². The van der Waals surface area contributed by atoms with E-state index in [9.17, 15) is 9.50 Å². The monoisotopic (exact) mass is 279 g/mol. The first kappa shape index (κ1) is 14.9. The number of halogens is 1. The number of hydrogen-bond donors (Lipinski definition) is 3. The molecule has 110 valence electrons. The number of nitrogen functional groups attached to an aromatic ring is 1. The van der Waals surface area contributed by atoms with Gasteiger partial charge in [0.1, 0.15) is 11.7 Å². The van der Waals surface area contributed by atoms with E-state index in [1.807, 2.05) is 7.05 Å². The van der Waals surface area contributed by atoms with Crippen molar-refractivity contribution in [3.05, 3.63) is 35.1 Å². The number of aliphatic hydroxyl groups excluding tert-OH is 1. The molecule has 1 aromatic rings. The van der Waals surface area contributed by atoms with Gasteiger partial charge in [-0.3, -0.25) is 10.3 Å². The molecule has 0 saturated heterocycles. The third kappa shape index (κ3) is 3.55. The van der Waals surface area contributed by atoms with Gasteiger partial charge in [-0.25, -0.2) is 4.39 Å². The zero-order valence-electron chi connectivity index (χ0n) is 11.8. The van der Waals surface area contributed by atoms with Crippen LogP contribution in [0.1, 0.15) is 36.8 Å². The lowest BCUT2D eigenvalue weighted by atomic mass is 9.91. The van der Waals surface area contributed by atoms with Crippen molar-refractivity contribution in [2.45, 2.75) is 44.4 Å². The summed E-state index contributed by atoms with van der Waals surface area (Å²) in [5, 5.41) is 17.4. The highest BCUT2D eigenvalue weighted by molar-refractivity contribution is 5.95. The van der Waals surface area contributed by atoms with Crippen molar-refractivity contribution in [2.24, 2.45) is 5.73 Å². The van der Waals surface area contributed by atoms with E-state index in [1.54, 1.807) is 6.07 Å². The Bertz CT molecular complexity index is 492. The minimum Gasteiger partial charge on any atom is -0.391 e. The fourth-order valence-corrected chi connectivity index (χ4v) is 2.91. The summed E-state index contributed by atoms with van der Waals surface area (Å²) >= 11 is 0. The van der Waals surface area contributed by atoms with Gasteiger partial charge in [-0.1, -0.05) is 12.8 Å². The molecule has 0 aliphatic heterocycles. The van der Waals surface area contributed by atoms with E-state index in [2.05, 4.69) is 4.90 Å². The molecule has 20 heavy (non-hydrogen) atoms. The number of rotatable bonds is 4. The summed E-state index contributed by atoms with van der Waals surface area (Å²) in [6, 6.07) is 4.57. The van der Waals surface area contributed by atoms with E-state index in [0.29, 0.717) is 12.1 Å². The van der Waals surface area contributed by atoms with Gasteiger partial charge in [0.15, 0.2) is 0 Å². The molecule has 1 aliphatic carbocycles. The maximum Gasteiger partial charge on any atom is 0.124 e. The van der Waals surface area contributed by atoms with Crippen LogP contribution in [0.4, 0.5) is 4.39 Å². The molecule has 0 aromatic heterocycles. The van der Waals surface area contributed by atoms with Crippen LogP contribution in [-0.4, -0.2) is 35.0 Å². The van der Waals surface area contributed by atoms with Crippen molar-refractivity contribution in [3.63, 3.8) is 0 Å². The first-order valence-corrected chi connectivity index (χ1v) is 6.99. The third-order valence-electron chi connectivity index (χ3n) is 3.96. The van der Waals surface area contributed by atoms with Crippen LogP contribution in [0, 0.1) is 11.2 Å². The number of nitrogens with zero attached hydrogens (tertiary/aromatic N) is 1. The van der Waals surface area contributed by atoms with E-state index < -0.39 is 0 Å². The van der Waals surface area contributed by atoms with Gasteiger partial charge in [0.25, 0.3) is 0 Å². The molecule has 2 atom stereocenters. The Kier molecular flexibility index (Phi) is 4.73. The predicted octanol–water partition coefficient (Wildman–Crippen LogP) is 1.85. The Balaban J connectivity index is 2.10. The number of hydrogen-bond acceptors (Lipinski definition) is 3. The SMILES string of the molecule is CN(Cc1cc(F)cc(C(=N)N)c1)C1CCCCC1O. The lowest BCUT2D eigenvalue weighted by Gasteiger charge is -2.35. The first-order chi connectivity index (χ1) is 9.47. The fraction of sp³-hybridized carbons (Fsp3) is 0.533. The lowest BCUT2D eigenvalue weighted by Crippen LogP contribution is -2.42. The summed E-state index contributed by atoms with van der Waals surface area (Å²) in [5.74, 6) is -0.517. The number of nitrogens with two attached hydrogens (primary N) is 1. The molecule has 2 unspecified atom stereocenters. The molecule has 2 rings (SSSR count). The van der Waals surface area contributed by atoms with Gasteiger partial charge < -0.3 is 10.8 Å². The molecule has 1 fully saturated rings. The average Bonchev–Trinajstić information content (AvgIpc) is 2.38. The van der Waals surface area contributed by atoms with Crippen LogP contribution < -0.4 is 5.73 Å². The van der Waals surface area contributed by atoms with Gasteiger partial charge in [-0.05, 0) is 43.7 Å². The third-order valence-corrected chi connectivity index (χ3v) is 3.96. The van der Waals surface area contributed by atoms with E-state index in [0.717, 1.165) is 31.2 Å². The molecule has 0 amide bonds. The highest BCUT2D eigenvalue weighted by atomic mass is 19.1. The molecule has 4 N–H and O–H groups in total. The second-order valence-corrected chi connectivity index (χ2v) is 5.60. The van der Waals surface area contributed by atoms with Crippen molar-refractivity contribution in [3.8, 4) is 0 Å². The summed E-state index contributed by atoms with van der Waals surface area (Å²) in [6.07, 6.45) is 3.67. The van der Waals surface area contributed by atoms with Crippen molar-refractivity contribution >= 4 is 5.84 Å². The number of likely N-dealkylation sites (N-methyl/N-ethyl adjacent to an activating group) is 1. The molecule has 0 spiro atoms. The summed E-state index contributed by atoms with van der Waals surface area (Å²) in [7, 11) is 1.94. The smallest absolute Gasteiger partial charge is 0.124 e. The Morgan fingerprint density at radius 2 is 2.10 bits per heavy atom. The zero-order valence-corrected chi connectivity index (χ0v) is 11.8. The van der Waals surface area contributed by atoms with Gasteiger partial charge in [-0.15, -0.1) is 0 Å². The van der Waals surface area contributed by atoms with Crippen molar-refractivity contribution in [2.75, 3.05) is 7.05 Å². The minimum atomic E-state index is -0.384. The molecular formula is C15H22FN3O. The van der Waals surface area contributed by atoms with Crippen LogP contribution in [-0.2, 0) is 6.54 Å². The largest absolute Gasteiger partial charge is 0.391 e. The molecule has 0 heterocycles. The van der Waals surface area contributed by atoms with Crippen LogP contribution in [0.15, 0.2) is 18.2 Å². The minimum absolute atomic E-state index is 0.118. The van der Waals surface area contributed by atoms with Crippen LogP contribution >= 0.6 is 0 Å². The maximum absolute atomic E-state index is 13.5. The van der Waals surface area contributed by atoms with Crippen molar-refractivity contribution in [1.29, 1.82) is 5.41 Å². The Labute approximate surface area is 118 Å². The van der Waals surface area contributed by atoms with Crippen molar-refractivity contribution in [1.82, 2.24) is 4.90 Å². The second-order valence-electron chi connectivity index (χ2n) is 5.60. The quantitative estimate of drug-likeness (QED) is 0.581. The molecule has 1 aliphatic rings. The normalized spacial score (nSPS) is 23.0. The van der Waals surface area contributed by atoms with Gasteiger partial charge in [0.2, 0.25) is 0 Å². The van der Waals surface area contributed by atoms with E-state index in [4.69, 9.17) is 11.1 Å². The molecule has 0 bridgehead atoms. The van der Waals surface area contributed by atoms with Crippen LogP contribution in [0.25, 0.3) is 0 Å².